The lowest BCUT2D eigenvalue weighted by atomic mass is 10.2. The SMILES string of the molecule is CN=NC(C(C)=O)C(N)=O. The lowest BCUT2D eigenvalue weighted by molar-refractivity contribution is -0.127. The van der Waals surface area contributed by atoms with Gasteiger partial charge in [-0.15, -0.1) is 0 Å². The Morgan fingerprint density at radius 2 is 2.00 bits per heavy atom. The number of primary amides is 1. The largest absolute Gasteiger partial charge is 0.367 e. The van der Waals surface area contributed by atoms with Gasteiger partial charge in [-0.05, 0) is 6.92 Å². The van der Waals surface area contributed by atoms with E-state index in [0.717, 1.165) is 0 Å². The molecule has 0 aliphatic carbocycles. The van der Waals surface area contributed by atoms with E-state index in [2.05, 4.69) is 10.2 Å². The second kappa shape index (κ2) is 3.71. The second-order valence-electron chi connectivity index (χ2n) is 1.73. The molecule has 56 valence electrons. The van der Waals surface area contributed by atoms with Gasteiger partial charge in [0.15, 0.2) is 5.78 Å². The summed E-state index contributed by atoms with van der Waals surface area (Å²) in [7, 11) is 1.37. The molecule has 0 fully saturated rings. The van der Waals surface area contributed by atoms with Gasteiger partial charge in [-0.1, -0.05) is 0 Å². The molecule has 5 heteroatoms. The second-order valence-corrected chi connectivity index (χ2v) is 1.73. The van der Waals surface area contributed by atoms with Gasteiger partial charge in [0, 0.05) is 7.05 Å². The third kappa shape index (κ3) is 2.34. The number of hydrogen-bond acceptors (Lipinski definition) is 4. The molecule has 2 N–H and O–H groups in total. The van der Waals surface area contributed by atoms with Gasteiger partial charge in [0.1, 0.15) is 0 Å². The molecule has 0 aromatic heterocycles. The van der Waals surface area contributed by atoms with Crippen LogP contribution in [0.2, 0.25) is 0 Å². The molecule has 0 spiro atoms. The van der Waals surface area contributed by atoms with Crippen molar-refractivity contribution in [2.24, 2.45) is 16.0 Å². The Morgan fingerprint density at radius 3 is 2.10 bits per heavy atom. The van der Waals surface area contributed by atoms with Crippen LogP contribution >= 0.6 is 0 Å². The number of carbonyl (C=O) groups excluding carboxylic acids is 2. The molecule has 1 unspecified atom stereocenters. The third-order valence-corrected chi connectivity index (χ3v) is 0.886. The number of nitrogens with zero attached hydrogens (tertiary/aromatic N) is 2. The van der Waals surface area contributed by atoms with Crippen molar-refractivity contribution >= 4 is 11.7 Å². The standard InChI is InChI=1S/C5H9N3O2/c1-3(9)4(5(6)10)8-7-2/h4H,1-2H3,(H2,6,10). The summed E-state index contributed by atoms with van der Waals surface area (Å²) in [5, 5.41) is 6.61. The van der Waals surface area contributed by atoms with Crippen molar-refractivity contribution in [3.63, 3.8) is 0 Å². The molecule has 0 saturated carbocycles. The predicted octanol–water partition coefficient (Wildman–Crippen LogP) is -0.489. The third-order valence-electron chi connectivity index (χ3n) is 0.886. The Hall–Kier alpha value is -1.26. The van der Waals surface area contributed by atoms with Crippen molar-refractivity contribution in [2.45, 2.75) is 13.0 Å². The lowest BCUT2D eigenvalue weighted by Crippen LogP contribution is -2.32. The van der Waals surface area contributed by atoms with Crippen molar-refractivity contribution in [1.82, 2.24) is 0 Å². The van der Waals surface area contributed by atoms with Gasteiger partial charge >= 0.3 is 0 Å². The van der Waals surface area contributed by atoms with Crippen LogP contribution in [0.15, 0.2) is 10.2 Å². The Labute approximate surface area is 58.3 Å². The van der Waals surface area contributed by atoms with Crippen LogP contribution in [0.5, 0.6) is 0 Å². The van der Waals surface area contributed by atoms with Crippen LogP contribution < -0.4 is 5.73 Å². The molecule has 1 atom stereocenters. The molecule has 0 heterocycles. The van der Waals surface area contributed by atoms with Crippen LogP contribution in [0.1, 0.15) is 6.92 Å². The summed E-state index contributed by atoms with van der Waals surface area (Å²) in [4.78, 5) is 20.9. The molecule has 0 saturated heterocycles. The number of azo groups is 1. The van der Waals surface area contributed by atoms with E-state index in [-0.39, 0.29) is 0 Å². The van der Waals surface area contributed by atoms with Gasteiger partial charge in [-0.3, -0.25) is 9.59 Å². The maximum Gasteiger partial charge on any atom is 0.251 e. The van der Waals surface area contributed by atoms with Crippen molar-refractivity contribution in [2.75, 3.05) is 7.05 Å². The van der Waals surface area contributed by atoms with Gasteiger partial charge in [0.25, 0.3) is 5.91 Å². The van der Waals surface area contributed by atoms with E-state index in [1.807, 2.05) is 0 Å². The van der Waals surface area contributed by atoms with Crippen molar-refractivity contribution in [3.05, 3.63) is 0 Å². The molecular formula is C5H9N3O2. The molecule has 0 aliphatic rings. The summed E-state index contributed by atoms with van der Waals surface area (Å²) in [5.41, 5.74) is 4.81. The summed E-state index contributed by atoms with van der Waals surface area (Å²) in [6.45, 7) is 1.24. The summed E-state index contributed by atoms with van der Waals surface area (Å²) in [6, 6.07) is -1.11. The zero-order valence-corrected chi connectivity index (χ0v) is 5.87. The zero-order valence-electron chi connectivity index (χ0n) is 5.87. The van der Waals surface area contributed by atoms with E-state index in [4.69, 9.17) is 5.73 Å². The predicted molar refractivity (Wildman–Crippen MR) is 34.4 cm³/mol. The molecule has 1 amide bonds. The van der Waals surface area contributed by atoms with Crippen LogP contribution in [-0.2, 0) is 9.59 Å². The first-order chi connectivity index (χ1) is 4.59. The van der Waals surface area contributed by atoms with Crippen LogP contribution in [0.4, 0.5) is 0 Å². The molecule has 0 bridgehead atoms. The fourth-order valence-corrected chi connectivity index (χ4v) is 0.454. The maximum absolute atomic E-state index is 10.5. The highest BCUT2D eigenvalue weighted by Crippen LogP contribution is 1.91. The van der Waals surface area contributed by atoms with E-state index in [9.17, 15) is 9.59 Å². The number of rotatable bonds is 3. The zero-order chi connectivity index (χ0) is 8.15. The first-order valence-electron chi connectivity index (χ1n) is 2.68. The average Bonchev–Trinajstić information content (AvgIpc) is 1.81. The Kier molecular flexibility index (Phi) is 3.24. The first-order valence-corrected chi connectivity index (χ1v) is 2.68. The minimum absolute atomic E-state index is 0.391. The molecule has 0 aliphatic heterocycles. The van der Waals surface area contributed by atoms with Crippen LogP contribution in [0, 0.1) is 0 Å². The van der Waals surface area contributed by atoms with Crippen LogP contribution in [0.3, 0.4) is 0 Å². The molecule has 0 rings (SSSR count). The van der Waals surface area contributed by atoms with Gasteiger partial charge in [0.2, 0.25) is 6.04 Å². The van der Waals surface area contributed by atoms with Crippen molar-refractivity contribution in [1.29, 1.82) is 0 Å². The summed E-state index contributed by atoms with van der Waals surface area (Å²) in [6.07, 6.45) is 0. The highest BCUT2D eigenvalue weighted by atomic mass is 16.2. The van der Waals surface area contributed by atoms with Crippen LogP contribution in [0.25, 0.3) is 0 Å². The monoisotopic (exact) mass is 143 g/mol. The smallest absolute Gasteiger partial charge is 0.251 e. The Bertz CT molecular complexity index is 162. The number of nitrogens with two attached hydrogens (primary N) is 1. The number of Topliss-reactive ketones (excluding diaryl/α,β-unsaturated/α-hetero) is 1. The minimum Gasteiger partial charge on any atom is -0.367 e. The van der Waals surface area contributed by atoms with Crippen molar-refractivity contribution < 1.29 is 9.59 Å². The van der Waals surface area contributed by atoms with E-state index >= 15 is 0 Å². The van der Waals surface area contributed by atoms with Gasteiger partial charge in [-0.2, -0.15) is 10.2 Å². The molecule has 0 aromatic carbocycles. The average molecular weight is 143 g/mol. The normalized spacial score (nSPS) is 13.4. The van der Waals surface area contributed by atoms with E-state index < -0.39 is 17.7 Å². The lowest BCUT2D eigenvalue weighted by Gasteiger charge is -1.99. The first kappa shape index (κ1) is 8.74. The van der Waals surface area contributed by atoms with E-state index in [0.29, 0.717) is 0 Å². The summed E-state index contributed by atoms with van der Waals surface area (Å²) in [5.74, 6) is -1.16. The minimum atomic E-state index is -1.11. The molecule has 10 heavy (non-hydrogen) atoms. The number of amides is 1. The number of carbonyl (C=O) groups is 2. The number of ketones is 1. The topological polar surface area (TPSA) is 84.9 Å². The Balaban J connectivity index is 4.27. The highest BCUT2D eigenvalue weighted by molar-refractivity contribution is 6.03. The van der Waals surface area contributed by atoms with Crippen LogP contribution in [-0.4, -0.2) is 24.8 Å². The highest BCUT2D eigenvalue weighted by Gasteiger charge is 2.18. The van der Waals surface area contributed by atoms with Gasteiger partial charge in [-0.25, -0.2) is 0 Å². The molecular weight excluding hydrogens is 134 g/mol. The summed E-state index contributed by atoms with van der Waals surface area (Å²) >= 11 is 0. The number of hydrogen-bond donors (Lipinski definition) is 1. The quantitative estimate of drug-likeness (QED) is 0.427. The van der Waals surface area contributed by atoms with Crippen molar-refractivity contribution in [3.8, 4) is 0 Å². The summed E-state index contributed by atoms with van der Waals surface area (Å²) < 4.78 is 0. The van der Waals surface area contributed by atoms with E-state index in [1.165, 1.54) is 14.0 Å². The fourth-order valence-electron chi connectivity index (χ4n) is 0.454. The van der Waals surface area contributed by atoms with Gasteiger partial charge in [0.05, 0.1) is 0 Å². The molecule has 0 radical (unpaired) electrons. The fraction of sp³-hybridized carbons (Fsp3) is 0.600. The van der Waals surface area contributed by atoms with E-state index in [1.54, 1.807) is 0 Å². The molecule has 5 nitrogen and oxygen atoms in total. The van der Waals surface area contributed by atoms with Gasteiger partial charge < -0.3 is 5.73 Å². The molecule has 0 aromatic rings. The Morgan fingerprint density at radius 1 is 1.50 bits per heavy atom. The maximum atomic E-state index is 10.5.